The zero-order chi connectivity index (χ0) is 18.7. The van der Waals surface area contributed by atoms with Gasteiger partial charge in [0.05, 0.1) is 10.4 Å². The van der Waals surface area contributed by atoms with Gasteiger partial charge in [0.25, 0.3) is 0 Å². The van der Waals surface area contributed by atoms with Crippen LogP contribution in [0.1, 0.15) is 5.56 Å². The van der Waals surface area contributed by atoms with Crippen molar-refractivity contribution >= 4 is 32.9 Å². The Labute approximate surface area is 154 Å². The molecule has 0 aliphatic carbocycles. The van der Waals surface area contributed by atoms with E-state index in [-0.39, 0.29) is 22.8 Å². The number of benzene rings is 2. The first-order valence-electron chi connectivity index (χ1n) is 7.79. The highest BCUT2D eigenvalue weighted by Gasteiger charge is 2.16. The number of oxazole rings is 1. The van der Waals surface area contributed by atoms with Gasteiger partial charge in [-0.15, -0.1) is 0 Å². The maximum Gasteiger partial charge on any atom is 0.419 e. The van der Waals surface area contributed by atoms with Crippen molar-refractivity contribution in [2.75, 3.05) is 12.3 Å². The Morgan fingerprint density at radius 3 is 2.77 bits per heavy atom. The van der Waals surface area contributed by atoms with Gasteiger partial charge < -0.3 is 4.42 Å². The number of nitrogens with one attached hydrogen (secondary N) is 1. The summed E-state index contributed by atoms with van der Waals surface area (Å²) in [6.07, 6.45) is 0. The average Bonchev–Trinajstić information content (AvgIpc) is 2.90. The number of nitrogens with zero attached hydrogens (tertiary/aromatic N) is 1. The Morgan fingerprint density at radius 2 is 2.00 bits per heavy atom. The molecule has 0 spiro atoms. The fourth-order valence-electron chi connectivity index (χ4n) is 2.41. The van der Waals surface area contributed by atoms with E-state index in [1.165, 1.54) is 40.6 Å². The number of aromatic nitrogens is 1. The van der Waals surface area contributed by atoms with Crippen LogP contribution in [0.3, 0.4) is 0 Å². The predicted molar refractivity (Wildman–Crippen MR) is 99.2 cm³/mol. The van der Waals surface area contributed by atoms with Gasteiger partial charge in [-0.2, -0.15) is 11.8 Å². The minimum absolute atomic E-state index is 0.0263. The van der Waals surface area contributed by atoms with Crippen molar-refractivity contribution < 1.29 is 17.2 Å². The molecule has 0 aliphatic rings. The van der Waals surface area contributed by atoms with E-state index < -0.39 is 15.8 Å². The van der Waals surface area contributed by atoms with Gasteiger partial charge in [-0.3, -0.25) is 4.57 Å². The van der Waals surface area contributed by atoms with E-state index in [2.05, 4.69) is 4.72 Å². The lowest BCUT2D eigenvalue weighted by Gasteiger charge is -2.07. The maximum absolute atomic E-state index is 13.5. The van der Waals surface area contributed by atoms with Crippen LogP contribution in [-0.2, 0) is 22.8 Å². The third-order valence-corrected chi connectivity index (χ3v) is 6.29. The van der Waals surface area contributed by atoms with Crippen molar-refractivity contribution in [3.8, 4) is 0 Å². The van der Waals surface area contributed by atoms with Gasteiger partial charge >= 0.3 is 5.76 Å². The van der Waals surface area contributed by atoms with Crippen molar-refractivity contribution in [3.05, 3.63) is 64.4 Å². The number of hydrogen-bond donors (Lipinski definition) is 1. The van der Waals surface area contributed by atoms with Crippen LogP contribution in [0.4, 0.5) is 4.39 Å². The summed E-state index contributed by atoms with van der Waals surface area (Å²) in [5.74, 6) is 0.150. The molecular formula is C17H17FN2O4S2. The van der Waals surface area contributed by atoms with Gasteiger partial charge in [0.15, 0.2) is 5.58 Å². The van der Waals surface area contributed by atoms with E-state index >= 15 is 0 Å². The van der Waals surface area contributed by atoms with Crippen molar-refractivity contribution in [1.29, 1.82) is 0 Å². The van der Waals surface area contributed by atoms with Crippen LogP contribution in [0.25, 0.3) is 11.1 Å². The van der Waals surface area contributed by atoms with Crippen LogP contribution in [-0.4, -0.2) is 25.3 Å². The summed E-state index contributed by atoms with van der Waals surface area (Å²) < 4.78 is 47.0. The first kappa shape index (κ1) is 18.7. The minimum atomic E-state index is -3.72. The Morgan fingerprint density at radius 1 is 1.23 bits per heavy atom. The maximum atomic E-state index is 13.5. The van der Waals surface area contributed by atoms with E-state index in [0.29, 0.717) is 22.6 Å². The fourth-order valence-corrected chi connectivity index (χ4v) is 4.43. The van der Waals surface area contributed by atoms with Crippen molar-refractivity contribution in [3.63, 3.8) is 0 Å². The van der Waals surface area contributed by atoms with E-state index in [4.69, 9.17) is 4.42 Å². The van der Waals surface area contributed by atoms with Crippen LogP contribution >= 0.6 is 11.8 Å². The molecule has 138 valence electrons. The third-order valence-electron chi connectivity index (χ3n) is 3.83. The van der Waals surface area contributed by atoms with Crippen molar-refractivity contribution in [2.45, 2.75) is 10.6 Å². The zero-order valence-electron chi connectivity index (χ0n) is 13.9. The van der Waals surface area contributed by atoms with E-state index in [1.54, 1.807) is 25.2 Å². The summed E-state index contributed by atoms with van der Waals surface area (Å²) in [6, 6.07) is 10.8. The van der Waals surface area contributed by atoms with Gasteiger partial charge in [0.2, 0.25) is 10.0 Å². The largest absolute Gasteiger partial charge is 0.419 e. The minimum Gasteiger partial charge on any atom is -0.408 e. The third kappa shape index (κ3) is 4.00. The van der Waals surface area contributed by atoms with Crippen molar-refractivity contribution in [1.82, 2.24) is 9.29 Å². The molecule has 3 aromatic rings. The van der Waals surface area contributed by atoms with Gasteiger partial charge in [-0.05, 0) is 23.8 Å². The monoisotopic (exact) mass is 396 g/mol. The van der Waals surface area contributed by atoms with Crippen LogP contribution in [0.2, 0.25) is 0 Å². The van der Waals surface area contributed by atoms with Gasteiger partial charge in [0, 0.05) is 31.2 Å². The SMILES string of the molecule is Cn1c(=O)oc2cc(S(=O)(=O)NCCSCc3ccccc3F)ccc21. The molecule has 0 fully saturated rings. The number of halogens is 1. The van der Waals surface area contributed by atoms with Gasteiger partial charge in [-0.1, -0.05) is 18.2 Å². The number of hydrogen-bond acceptors (Lipinski definition) is 5. The molecule has 9 heteroatoms. The Balaban J connectivity index is 1.59. The number of thioether (sulfide) groups is 1. The molecule has 1 aromatic heterocycles. The van der Waals surface area contributed by atoms with Crippen LogP contribution in [0.15, 0.2) is 56.6 Å². The second kappa shape index (κ2) is 7.65. The first-order chi connectivity index (χ1) is 12.4. The van der Waals surface area contributed by atoms with Crippen LogP contribution < -0.4 is 10.5 Å². The van der Waals surface area contributed by atoms with E-state index in [0.717, 1.165) is 0 Å². The lowest BCUT2D eigenvalue weighted by atomic mass is 10.2. The number of rotatable bonds is 7. The molecule has 0 amide bonds. The molecule has 0 unspecified atom stereocenters. The molecule has 2 aromatic carbocycles. The van der Waals surface area contributed by atoms with Gasteiger partial charge in [0.1, 0.15) is 5.82 Å². The summed E-state index contributed by atoms with van der Waals surface area (Å²) in [4.78, 5) is 11.5. The summed E-state index contributed by atoms with van der Waals surface area (Å²) in [5, 5.41) is 0. The normalized spacial score (nSPS) is 11.9. The van der Waals surface area contributed by atoms with Gasteiger partial charge in [-0.25, -0.2) is 22.3 Å². The smallest absolute Gasteiger partial charge is 0.408 e. The summed E-state index contributed by atoms with van der Waals surface area (Å²) in [7, 11) is -2.17. The Kier molecular flexibility index (Phi) is 5.49. The number of sulfonamides is 1. The number of fused-ring (bicyclic) bond motifs is 1. The molecule has 0 saturated carbocycles. The fraction of sp³-hybridized carbons (Fsp3) is 0.235. The molecule has 26 heavy (non-hydrogen) atoms. The highest BCUT2D eigenvalue weighted by molar-refractivity contribution is 7.98. The molecule has 0 bridgehead atoms. The molecule has 0 aliphatic heterocycles. The average molecular weight is 396 g/mol. The molecule has 0 atom stereocenters. The molecule has 3 rings (SSSR count). The second-order valence-corrected chi connectivity index (χ2v) is 8.47. The topological polar surface area (TPSA) is 81.3 Å². The molecular weight excluding hydrogens is 379 g/mol. The van der Waals surface area contributed by atoms with E-state index in [1.807, 2.05) is 0 Å². The zero-order valence-corrected chi connectivity index (χ0v) is 15.6. The lowest BCUT2D eigenvalue weighted by molar-refractivity contribution is 0.527. The van der Waals surface area contributed by atoms with E-state index in [9.17, 15) is 17.6 Å². The highest BCUT2D eigenvalue weighted by Crippen LogP contribution is 2.18. The Bertz CT molecular complexity index is 1090. The lowest BCUT2D eigenvalue weighted by Crippen LogP contribution is -2.26. The summed E-state index contributed by atoms with van der Waals surface area (Å²) in [6.45, 7) is 0.207. The number of aryl methyl sites for hydroxylation is 1. The van der Waals surface area contributed by atoms with Crippen LogP contribution in [0, 0.1) is 5.82 Å². The molecule has 6 nitrogen and oxygen atoms in total. The molecule has 1 N–H and O–H groups in total. The quantitative estimate of drug-likeness (QED) is 0.621. The first-order valence-corrected chi connectivity index (χ1v) is 10.4. The highest BCUT2D eigenvalue weighted by atomic mass is 32.2. The van der Waals surface area contributed by atoms with Crippen molar-refractivity contribution in [2.24, 2.45) is 7.05 Å². The molecule has 1 heterocycles. The molecule has 0 radical (unpaired) electrons. The second-order valence-electron chi connectivity index (χ2n) is 5.60. The summed E-state index contributed by atoms with van der Waals surface area (Å²) in [5.41, 5.74) is 1.33. The summed E-state index contributed by atoms with van der Waals surface area (Å²) >= 11 is 1.43. The predicted octanol–water partition coefficient (Wildman–Crippen LogP) is 2.48. The Hall–Kier alpha value is -2.10. The molecule has 0 saturated heterocycles. The standard InChI is InChI=1S/C17H17FN2O4S2/c1-20-15-7-6-13(10-16(15)24-17(20)21)26(22,23)19-8-9-25-11-12-4-2-3-5-14(12)18/h2-7,10,19H,8-9,11H2,1H3. The van der Waals surface area contributed by atoms with Crippen LogP contribution in [0.5, 0.6) is 0 Å².